The van der Waals surface area contributed by atoms with Crippen molar-refractivity contribution in [3.05, 3.63) is 0 Å². The Bertz CT molecular complexity index is 276. The first-order valence-electron chi connectivity index (χ1n) is 8.15. The molecule has 2 aliphatic rings. The molecule has 3 heteroatoms. The lowest BCUT2D eigenvalue weighted by Gasteiger charge is -2.26. The van der Waals surface area contributed by atoms with E-state index in [1.54, 1.807) is 0 Å². The number of rotatable bonds is 5. The van der Waals surface area contributed by atoms with E-state index < -0.39 is 0 Å². The van der Waals surface area contributed by atoms with E-state index in [-0.39, 0.29) is 5.91 Å². The van der Waals surface area contributed by atoms with Crippen molar-refractivity contribution < 1.29 is 4.79 Å². The Morgan fingerprint density at radius 1 is 1.00 bits per heavy atom. The maximum Gasteiger partial charge on any atom is 0.220 e. The molecule has 2 saturated carbocycles. The molecular weight excluding hydrogens is 302 g/mol. The predicted molar refractivity (Wildman–Crippen MR) is 83.5 cm³/mol. The molecule has 2 atom stereocenters. The first-order valence-corrected chi connectivity index (χ1v) is 9.06. The van der Waals surface area contributed by atoms with Gasteiger partial charge in [-0.1, -0.05) is 54.5 Å². The van der Waals surface area contributed by atoms with Crippen molar-refractivity contribution in [2.24, 2.45) is 11.8 Å². The summed E-state index contributed by atoms with van der Waals surface area (Å²) in [6.45, 7) is 0.894. The highest BCUT2D eigenvalue weighted by Gasteiger charge is 2.20. The summed E-state index contributed by atoms with van der Waals surface area (Å²) in [5.41, 5.74) is 0. The van der Waals surface area contributed by atoms with Crippen molar-refractivity contribution in [1.29, 1.82) is 0 Å². The lowest BCUT2D eigenvalue weighted by Crippen LogP contribution is -2.32. The number of amides is 1. The van der Waals surface area contributed by atoms with Gasteiger partial charge in [0.25, 0.3) is 0 Å². The number of hydrogen-bond donors (Lipinski definition) is 1. The summed E-state index contributed by atoms with van der Waals surface area (Å²) in [6, 6.07) is 0. The van der Waals surface area contributed by atoms with Gasteiger partial charge in [-0.3, -0.25) is 4.79 Å². The van der Waals surface area contributed by atoms with Crippen molar-refractivity contribution in [3.63, 3.8) is 0 Å². The van der Waals surface area contributed by atoms with Crippen LogP contribution >= 0.6 is 15.9 Å². The van der Waals surface area contributed by atoms with Crippen LogP contribution in [0.2, 0.25) is 0 Å². The average Bonchev–Trinajstić information content (AvgIpc) is 2.44. The minimum atomic E-state index is 0.280. The molecule has 2 unspecified atom stereocenters. The maximum absolute atomic E-state index is 11.9. The lowest BCUT2D eigenvalue weighted by atomic mass is 9.86. The monoisotopic (exact) mass is 329 g/mol. The predicted octanol–water partition coefficient (Wildman–Crippen LogP) is 4.42. The fourth-order valence-electron chi connectivity index (χ4n) is 3.57. The standard InChI is InChI=1S/C16H28BrNO/c17-15-8-4-7-14(11-15)12-18-16(19)10-9-13-5-2-1-3-6-13/h13-15H,1-12H2,(H,18,19). The second-order valence-corrected chi connectivity index (χ2v) is 7.77. The van der Waals surface area contributed by atoms with Gasteiger partial charge in [-0.2, -0.15) is 0 Å². The van der Waals surface area contributed by atoms with Gasteiger partial charge in [0.05, 0.1) is 0 Å². The molecule has 19 heavy (non-hydrogen) atoms. The largest absolute Gasteiger partial charge is 0.356 e. The van der Waals surface area contributed by atoms with Crippen LogP contribution < -0.4 is 5.32 Å². The zero-order chi connectivity index (χ0) is 13.5. The number of nitrogens with one attached hydrogen (secondary N) is 1. The van der Waals surface area contributed by atoms with E-state index in [9.17, 15) is 4.79 Å². The lowest BCUT2D eigenvalue weighted by molar-refractivity contribution is -0.121. The molecule has 110 valence electrons. The fraction of sp³-hybridized carbons (Fsp3) is 0.938. The van der Waals surface area contributed by atoms with Crippen molar-refractivity contribution in [2.75, 3.05) is 6.54 Å². The van der Waals surface area contributed by atoms with Gasteiger partial charge in [-0.05, 0) is 37.5 Å². The summed E-state index contributed by atoms with van der Waals surface area (Å²) in [6.07, 6.45) is 13.8. The van der Waals surface area contributed by atoms with Crippen molar-refractivity contribution in [1.82, 2.24) is 5.32 Å². The molecule has 0 bridgehead atoms. The van der Waals surface area contributed by atoms with E-state index in [0.29, 0.717) is 10.7 Å². The summed E-state index contributed by atoms with van der Waals surface area (Å²) < 4.78 is 0. The third kappa shape index (κ3) is 5.85. The highest BCUT2D eigenvalue weighted by Crippen LogP contribution is 2.29. The number of halogens is 1. The number of hydrogen-bond acceptors (Lipinski definition) is 1. The highest BCUT2D eigenvalue weighted by atomic mass is 79.9. The summed E-state index contributed by atoms with van der Waals surface area (Å²) >= 11 is 3.71. The van der Waals surface area contributed by atoms with Crippen LogP contribution in [-0.2, 0) is 4.79 Å². The van der Waals surface area contributed by atoms with Gasteiger partial charge >= 0.3 is 0 Å². The Balaban J connectivity index is 1.56. The number of carbonyl (C=O) groups is 1. The Labute approximate surface area is 126 Å². The third-order valence-electron chi connectivity index (χ3n) is 4.81. The third-order valence-corrected chi connectivity index (χ3v) is 5.64. The van der Waals surface area contributed by atoms with Gasteiger partial charge in [0.15, 0.2) is 0 Å². The molecule has 0 radical (unpaired) electrons. The number of alkyl halides is 1. The quantitative estimate of drug-likeness (QED) is 0.743. The first kappa shape index (κ1) is 15.3. The van der Waals surface area contributed by atoms with Crippen LogP contribution in [0.25, 0.3) is 0 Å². The van der Waals surface area contributed by atoms with Crippen LogP contribution in [0.4, 0.5) is 0 Å². The van der Waals surface area contributed by atoms with Crippen LogP contribution in [0.3, 0.4) is 0 Å². The maximum atomic E-state index is 11.9. The Hall–Kier alpha value is -0.0500. The van der Waals surface area contributed by atoms with E-state index in [1.165, 1.54) is 57.8 Å². The van der Waals surface area contributed by atoms with Crippen LogP contribution in [0.5, 0.6) is 0 Å². The summed E-state index contributed by atoms with van der Waals surface area (Å²) in [5.74, 6) is 1.79. The first-order chi connectivity index (χ1) is 9.24. The Kier molecular flexibility index (Phi) is 6.69. The average molecular weight is 330 g/mol. The molecular formula is C16H28BrNO. The molecule has 0 aromatic carbocycles. The van der Waals surface area contributed by atoms with E-state index in [4.69, 9.17) is 0 Å². The topological polar surface area (TPSA) is 29.1 Å². The second-order valence-electron chi connectivity index (χ2n) is 6.48. The minimum Gasteiger partial charge on any atom is -0.356 e. The van der Waals surface area contributed by atoms with Gasteiger partial charge < -0.3 is 5.32 Å². The number of carbonyl (C=O) groups excluding carboxylic acids is 1. The van der Waals surface area contributed by atoms with E-state index in [2.05, 4.69) is 21.2 Å². The summed E-state index contributed by atoms with van der Waals surface area (Å²) in [4.78, 5) is 12.6. The molecule has 0 spiro atoms. The molecule has 2 rings (SSSR count). The fourth-order valence-corrected chi connectivity index (χ4v) is 4.42. The molecule has 0 saturated heterocycles. The molecule has 0 aromatic rings. The second kappa shape index (κ2) is 8.28. The van der Waals surface area contributed by atoms with E-state index in [0.717, 1.165) is 25.3 Å². The Morgan fingerprint density at radius 3 is 2.47 bits per heavy atom. The highest BCUT2D eigenvalue weighted by molar-refractivity contribution is 9.09. The molecule has 2 aliphatic carbocycles. The van der Waals surface area contributed by atoms with Crippen molar-refractivity contribution >= 4 is 21.8 Å². The van der Waals surface area contributed by atoms with Crippen LogP contribution in [0, 0.1) is 11.8 Å². The van der Waals surface area contributed by atoms with Crippen LogP contribution in [0.1, 0.15) is 70.6 Å². The van der Waals surface area contributed by atoms with Gasteiger partial charge in [0.1, 0.15) is 0 Å². The normalized spacial score (nSPS) is 29.1. The van der Waals surface area contributed by atoms with Crippen molar-refractivity contribution in [3.8, 4) is 0 Å². The molecule has 2 nitrogen and oxygen atoms in total. The molecule has 1 N–H and O–H groups in total. The molecule has 1 amide bonds. The van der Waals surface area contributed by atoms with Gasteiger partial charge in [0.2, 0.25) is 5.91 Å². The molecule has 0 aliphatic heterocycles. The zero-order valence-electron chi connectivity index (χ0n) is 12.0. The van der Waals surface area contributed by atoms with Crippen LogP contribution in [-0.4, -0.2) is 17.3 Å². The zero-order valence-corrected chi connectivity index (χ0v) is 13.6. The van der Waals surface area contributed by atoms with Crippen molar-refractivity contribution in [2.45, 2.75) is 75.5 Å². The molecule has 2 fully saturated rings. The SMILES string of the molecule is O=C(CCC1CCCCC1)NCC1CCCC(Br)C1. The smallest absolute Gasteiger partial charge is 0.220 e. The van der Waals surface area contributed by atoms with E-state index >= 15 is 0 Å². The minimum absolute atomic E-state index is 0.280. The molecule has 0 heterocycles. The summed E-state index contributed by atoms with van der Waals surface area (Å²) in [7, 11) is 0. The van der Waals surface area contributed by atoms with Gasteiger partial charge in [0, 0.05) is 17.8 Å². The van der Waals surface area contributed by atoms with Crippen LogP contribution in [0.15, 0.2) is 0 Å². The molecule has 0 aromatic heterocycles. The summed E-state index contributed by atoms with van der Waals surface area (Å²) in [5, 5.41) is 3.15. The van der Waals surface area contributed by atoms with Gasteiger partial charge in [-0.25, -0.2) is 0 Å². The Morgan fingerprint density at radius 2 is 1.74 bits per heavy atom. The van der Waals surface area contributed by atoms with Gasteiger partial charge in [-0.15, -0.1) is 0 Å². The van der Waals surface area contributed by atoms with E-state index in [1.807, 2.05) is 0 Å².